The molecule has 0 aliphatic carbocycles. The van der Waals surface area contributed by atoms with Crippen molar-refractivity contribution in [2.75, 3.05) is 40.4 Å². The van der Waals surface area contributed by atoms with Gasteiger partial charge >= 0.3 is 0 Å². The van der Waals surface area contributed by atoms with Crippen molar-refractivity contribution in [3.05, 3.63) is 65.2 Å². The molecular weight excluding hydrogens is 480 g/mol. The molecule has 1 aliphatic rings. The molecule has 0 saturated carbocycles. The normalized spacial score (nSPS) is 16.9. The molecule has 0 spiro atoms. The number of ether oxygens (including phenoxy) is 2. The van der Waals surface area contributed by atoms with Gasteiger partial charge in [0.05, 0.1) is 24.8 Å². The van der Waals surface area contributed by atoms with Crippen LogP contribution in [-0.4, -0.2) is 67.0 Å². The molecule has 0 bridgehead atoms. The summed E-state index contributed by atoms with van der Waals surface area (Å²) in [6, 6.07) is 13.8. The van der Waals surface area contributed by atoms with Crippen LogP contribution in [0.2, 0.25) is 0 Å². The van der Waals surface area contributed by atoms with E-state index in [9.17, 15) is 14.7 Å². The second kappa shape index (κ2) is 14.6. The summed E-state index contributed by atoms with van der Waals surface area (Å²) in [5.74, 6) is -0.0976. The Hall–Kier alpha value is -3.32. The number of unbranched alkanes of at least 4 members (excludes halogenated alkanes) is 3. The maximum Gasteiger partial charge on any atom is 0.295 e. The van der Waals surface area contributed by atoms with Gasteiger partial charge in [0.2, 0.25) is 0 Å². The number of aliphatic hydroxyl groups excluding tert-OH is 1. The summed E-state index contributed by atoms with van der Waals surface area (Å²) < 4.78 is 11.7. The first-order valence-corrected chi connectivity index (χ1v) is 13.8. The molecule has 7 nitrogen and oxygen atoms in total. The smallest absolute Gasteiger partial charge is 0.295 e. The second-order valence-corrected chi connectivity index (χ2v) is 10.0. The molecule has 7 heteroatoms. The zero-order chi connectivity index (χ0) is 27.5. The van der Waals surface area contributed by atoms with Crippen LogP contribution in [0.3, 0.4) is 0 Å². The Morgan fingerprint density at radius 1 is 0.895 bits per heavy atom. The van der Waals surface area contributed by atoms with Gasteiger partial charge in [-0.15, -0.1) is 0 Å². The molecule has 2 aromatic carbocycles. The van der Waals surface area contributed by atoms with Crippen molar-refractivity contribution >= 4 is 17.4 Å². The van der Waals surface area contributed by atoms with Crippen LogP contribution >= 0.6 is 0 Å². The minimum atomic E-state index is -0.684. The second-order valence-electron chi connectivity index (χ2n) is 10.0. The van der Waals surface area contributed by atoms with E-state index in [0.717, 1.165) is 50.0 Å². The van der Waals surface area contributed by atoms with Crippen molar-refractivity contribution in [3.63, 3.8) is 0 Å². The molecule has 1 fully saturated rings. The van der Waals surface area contributed by atoms with Crippen LogP contribution in [-0.2, 0) is 9.59 Å². The number of carbonyl (C=O) groups is 2. The summed E-state index contributed by atoms with van der Waals surface area (Å²) in [4.78, 5) is 30.1. The zero-order valence-electron chi connectivity index (χ0n) is 23.2. The number of aliphatic hydroxyl groups is 1. The highest BCUT2D eigenvalue weighted by Crippen LogP contribution is 2.40. The average molecular weight is 523 g/mol. The van der Waals surface area contributed by atoms with Crippen LogP contribution in [0.1, 0.15) is 69.5 Å². The van der Waals surface area contributed by atoms with E-state index in [1.807, 2.05) is 49.3 Å². The number of ketones is 1. The maximum atomic E-state index is 13.3. The molecule has 1 unspecified atom stereocenters. The minimum absolute atomic E-state index is 0.0992. The number of carbonyl (C=O) groups excluding carboxylic acids is 2. The van der Waals surface area contributed by atoms with Crippen LogP contribution in [0, 0.1) is 0 Å². The first-order valence-electron chi connectivity index (χ1n) is 13.8. The SMILES string of the molecule is CCCCCOc1ccc(C2C(=C(O)c3cccc(OCCCC)c3)C(=O)C(=O)N2CCCN(C)C)cc1. The molecule has 1 atom stereocenters. The lowest BCUT2D eigenvalue weighted by Gasteiger charge is -2.26. The lowest BCUT2D eigenvalue weighted by atomic mass is 9.95. The van der Waals surface area contributed by atoms with Gasteiger partial charge in [0.1, 0.15) is 17.3 Å². The van der Waals surface area contributed by atoms with E-state index in [1.165, 1.54) is 0 Å². The highest BCUT2D eigenvalue weighted by Gasteiger charge is 2.45. The maximum absolute atomic E-state index is 13.3. The van der Waals surface area contributed by atoms with Gasteiger partial charge in [-0.2, -0.15) is 0 Å². The van der Waals surface area contributed by atoms with Gasteiger partial charge in [-0.3, -0.25) is 9.59 Å². The third kappa shape index (κ3) is 7.60. The number of nitrogens with zero attached hydrogens (tertiary/aromatic N) is 2. The molecule has 206 valence electrons. The van der Waals surface area contributed by atoms with Gasteiger partial charge in [0, 0.05) is 12.1 Å². The van der Waals surface area contributed by atoms with Crippen molar-refractivity contribution in [1.29, 1.82) is 0 Å². The first-order chi connectivity index (χ1) is 18.4. The molecule has 1 amide bonds. The van der Waals surface area contributed by atoms with Crippen LogP contribution in [0.15, 0.2) is 54.1 Å². The summed E-state index contributed by atoms with van der Waals surface area (Å²) in [7, 11) is 3.95. The van der Waals surface area contributed by atoms with Crippen LogP contribution in [0.4, 0.5) is 0 Å². The summed E-state index contributed by atoms with van der Waals surface area (Å²) in [6.45, 7) is 6.64. The van der Waals surface area contributed by atoms with Gasteiger partial charge in [-0.25, -0.2) is 0 Å². The molecule has 0 aromatic heterocycles. The summed E-state index contributed by atoms with van der Waals surface area (Å²) in [5, 5.41) is 11.4. The predicted molar refractivity (Wildman–Crippen MR) is 150 cm³/mol. The minimum Gasteiger partial charge on any atom is -0.507 e. The highest BCUT2D eigenvalue weighted by atomic mass is 16.5. The Bertz CT molecular complexity index is 1090. The Morgan fingerprint density at radius 2 is 1.58 bits per heavy atom. The summed E-state index contributed by atoms with van der Waals surface area (Å²) in [6.07, 6.45) is 5.88. The van der Waals surface area contributed by atoms with Crippen LogP contribution < -0.4 is 9.47 Å². The lowest BCUT2D eigenvalue weighted by Crippen LogP contribution is -2.32. The fraction of sp³-hybridized carbons (Fsp3) is 0.484. The van der Waals surface area contributed by atoms with E-state index in [-0.39, 0.29) is 11.3 Å². The molecule has 0 radical (unpaired) electrons. The van der Waals surface area contributed by atoms with Gasteiger partial charge in [0.25, 0.3) is 11.7 Å². The Morgan fingerprint density at radius 3 is 2.26 bits per heavy atom. The van der Waals surface area contributed by atoms with Crippen molar-refractivity contribution in [2.24, 2.45) is 0 Å². The number of likely N-dealkylation sites (tertiary alicyclic amines) is 1. The third-order valence-electron chi connectivity index (χ3n) is 6.63. The Balaban J connectivity index is 1.95. The van der Waals surface area contributed by atoms with Gasteiger partial charge < -0.3 is 24.4 Å². The van der Waals surface area contributed by atoms with Gasteiger partial charge in [-0.1, -0.05) is 57.4 Å². The molecule has 1 heterocycles. The molecule has 1 saturated heterocycles. The lowest BCUT2D eigenvalue weighted by molar-refractivity contribution is -0.139. The highest BCUT2D eigenvalue weighted by molar-refractivity contribution is 6.46. The van der Waals surface area contributed by atoms with Crippen LogP contribution in [0.25, 0.3) is 5.76 Å². The van der Waals surface area contributed by atoms with E-state index in [0.29, 0.717) is 37.5 Å². The molecular formula is C31H42N2O5. The van der Waals surface area contributed by atoms with E-state index in [1.54, 1.807) is 23.1 Å². The number of benzene rings is 2. The molecule has 38 heavy (non-hydrogen) atoms. The molecule has 1 aliphatic heterocycles. The number of rotatable bonds is 15. The van der Waals surface area contributed by atoms with Crippen molar-refractivity contribution < 1.29 is 24.2 Å². The van der Waals surface area contributed by atoms with Crippen molar-refractivity contribution in [2.45, 2.75) is 58.4 Å². The number of amides is 1. The fourth-order valence-electron chi connectivity index (χ4n) is 4.53. The molecule has 3 rings (SSSR count). The first kappa shape index (κ1) is 29.2. The van der Waals surface area contributed by atoms with Crippen LogP contribution in [0.5, 0.6) is 11.5 Å². The van der Waals surface area contributed by atoms with E-state index < -0.39 is 17.7 Å². The average Bonchev–Trinajstić information content (AvgIpc) is 3.16. The van der Waals surface area contributed by atoms with E-state index in [4.69, 9.17) is 9.47 Å². The largest absolute Gasteiger partial charge is 0.507 e. The van der Waals surface area contributed by atoms with E-state index in [2.05, 4.69) is 13.8 Å². The van der Waals surface area contributed by atoms with Gasteiger partial charge in [0.15, 0.2) is 0 Å². The Kier molecular flexibility index (Phi) is 11.2. The third-order valence-corrected chi connectivity index (χ3v) is 6.63. The summed E-state index contributed by atoms with van der Waals surface area (Å²) >= 11 is 0. The number of hydrogen-bond acceptors (Lipinski definition) is 6. The molecule has 2 aromatic rings. The zero-order valence-corrected chi connectivity index (χ0v) is 23.2. The number of hydrogen-bond donors (Lipinski definition) is 1. The Labute approximate surface area is 227 Å². The van der Waals surface area contributed by atoms with Crippen molar-refractivity contribution in [1.82, 2.24) is 9.80 Å². The summed E-state index contributed by atoms with van der Waals surface area (Å²) in [5.41, 5.74) is 1.31. The van der Waals surface area contributed by atoms with Gasteiger partial charge in [-0.05, 0) is 69.7 Å². The van der Waals surface area contributed by atoms with E-state index >= 15 is 0 Å². The standard InChI is InChI=1S/C31H42N2O5/c1-5-7-9-21-37-25-16-14-23(15-17-25)28-27(30(35)31(36)33(28)19-11-18-32(3)4)29(34)24-12-10-13-26(22-24)38-20-8-6-2/h10,12-17,22,28,34H,5-9,11,18-21H2,1-4H3. The molecule has 1 N–H and O–H groups in total. The van der Waals surface area contributed by atoms with Crippen molar-refractivity contribution in [3.8, 4) is 11.5 Å². The fourth-order valence-corrected chi connectivity index (χ4v) is 4.53. The monoisotopic (exact) mass is 522 g/mol. The predicted octanol–water partition coefficient (Wildman–Crippen LogP) is 5.81. The quantitative estimate of drug-likeness (QED) is 0.138. The topological polar surface area (TPSA) is 79.3 Å². The number of Topliss-reactive ketones (excluding diaryl/α,β-unsaturated/α-hetero) is 1.